The number of rotatable bonds is 6. The Labute approximate surface area is 149 Å². The van der Waals surface area contributed by atoms with E-state index in [9.17, 15) is 14.0 Å². The van der Waals surface area contributed by atoms with E-state index in [1.54, 1.807) is 44.9 Å². The van der Waals surface area contributed by atoms with Crippen molar-refractivity contribution in [3.05, 3.63) is 35.6 Å². The third-order valence-corrected chi connectivity index (χ3v) is 3.67. The van der Waals surface area contributed by atoms with Gasteiger partial charge in [0.15, 0.2) is 0 Å². The lowest BCUT2D eigenvalue weighted by Crippen LogP contribution is -2.45. The minimum atomic E-state index is -0.568. The highest BCUT2D eigenvalue weighted by Gasteiger charge is 2.24. The first-order chi connectivity index (χ1) is 11.5. The first-order valence-corrected chi connectivity index (χ1v) is 8.53. The second-order valence-electron chi connectivity index (χ2n) is 7.28. The number of hydrogen-bond donors (Lipinski definition) is 1. The van der Waals surface area contributed by atoms with Crippen molar-refractivity contribution in [3.8, 4) is 0 Å². The van der Waals surface area contributed by atoms with Crippen LogP contribution in [0.1, 0.15) is 52.5 Å². The minimum Gasteiger partial charge on any atom is -0.444 e. The molecule has 0 spiro atoms. The smallest absolute Gasteiger partial charge is 0.407 e. The molecule has 140 valence electrons. The van der Waals surface area contributed by atoms with E-state index in [-0.39, 0.29) is 23.7 Å². The molecular formula is C19H29FN2O3. The van der Waals surface area contributed by atoms with Crippen LogP contribution in [0.25, 0.3) is 0 Å². The highest BCUT2D eigenvalue weighted by molar-refractivity contribution is 5.83. The van der Waals surface area contributed by atoms with Crippen molar-refractivity contribution in [1.82, 2.24) is 10.2 Å². The second kappa shape index (κ2) is 8.83. The van der Waals surface area contributed by atoms with Crippen LogP contribution in [-0.4, -0.2) is 42.1 Å². The van der Waals surface area contributed by atoms with Crippen LogP contribution < -0.4 is 5.32 Å². The Morgan fingerprint density at radius 2 is 1.80 bits per heavy atom. The van der Waals surface area contributed by atoms with Crippen LogP contribution in [0, 0.1) is 5.82 Å². The molecule has 1 aromatic rings. The summed E-state index contributed by atoms with van der Waals surface area (Å²) in [5.74, 6) is -0.721. The number of alkyl carbamates (subject to hydrolysis) is 1. The standard InChI is InChI=1S/C19H29FN2O3/c1-7-16(14-8-10-15(20)11-9-14)17(23)22(6)12-13(2)21-18(24)25-19(3,4)5/h8-11,13,16H,7,12H2,1-6H3,(H,21,24). The lowest BCUT2D eigenvalue weighted by molar-refractivity contribution is -0.131. The zero-order chi connectivity index (χ0) is 19.2. The summed E-state index contributed by atoms with van der Waals surface area (Å²) < 4.78 is 18.3. The van der Waals surface area contributed by atoms with Crippen molar-refractivity contribution in [3.63, 3.8) is 0 Å². The van der Waals surface area contributed by atoms with E-state index in [4.69, 9.17) is 4.74 Å². The maximum atomic E-state index is 13.1. The van der Waals surface area contributed by atoms with Gasteiger partial charge in [0.2, 0.25) is 5.91 Å². The zero-order valence-electron chi connectivity index (χ0n) is 15.9. The Hall–Kier alpha value is -2.11. The SMILES string of the molecule is CCC(C(=O)N(C)CC(C)NC(=O)OC(C)(C)C)c1ccc(F)cc1. The number of carbonyl (C=O) groups excluding carboxylic acids is 2. The maximum Gasteiger partial charge on any atom is 0.407 e. The molecule has 0 saturated heterocycles. The summed E-state index contributed by atoms with van der Waals surface area (Å²) in [6, 6.07) is 5.74. The average Bonchev–Trinajstić information content (AvgIpc) is 2.47. The van der Waals surface area contributed by atoms with Gasteiger partial charge in [0.05, 0.1) is 5.92 Å². The monoisotopic (exact) mass is 352 g/mol. The van der Waals surface area contributed by atoms with Crippen molar-refractivity contribution >= 4 is 12.0 Å². The van der Waals surface area contributed by atoms with Gasteiger partial charge in [-0.1, -0.05) is 19.1 Å². The molecule has 0 fully saturated rings. The minimum absolute atomic E-state index is 0.0630. The van der Waals surface area contributed by atoms with Crippen LogP contribution in [0.3, 0.4) is 0 Å². The first kappa shape index (κ1) is 20.9. The molecule has 2 atom stereocenters. The highest BCUT2D eigenvalue weighted by Crippen LogP contribution is 2.22. The van der Waals surface area contributed by atoms with E-state index in [2.05, 4.69) is 5.32 Å². The predicted octanol–water partition coefficient (Wildman–Crippen LogP) is 3.69. The number of nitrogens with one attached hydrogen (secondary N) is 1. The Bertz CT molecular complexity index is 581. The zero-order valence-corrected chi connectivity index (χ0v) is 15.9. The van der Waals surface area contributed by atoms with E-state index < -0.39 is 11.7 Å². The molecule has 0 aliphatic carbocycles. The predicted molar refractivity (Wildman–Crippen MR) is 95.9 cm³/mol. The quantitative estimate of drug-likeness (QED) is 0.849. The van der Waals surface area contributed by atoms with E-state index >= 15 is 0 Å². The van der Waals surface area contributed by atoms with Crippen molar-refractivity contribution in [2.45, 2.75) is 58.6 Å². The molecule has 1 aromatic carbocycles. The summed E-state index contributed by atoms with van der Waals surface area (Å²) in [7, 11) is 1.70. The van der Waals surface area contributed by atoms with E-state index in [0.717, 1.165) is 5.56 Å². The fourth-order valence-electron chi connectivity index (χ4n) is 2.57. The Morgan fingerprint density at radius 1 is 1.24 bits per heavy atom. The first-order valence-electron chi connectivity index (χ1n) is 8.53. The Kier molecular flexibility index (Phi) is 7.39. The molecule has 5 nitrogen and oxygen atoms in total. The molecule has 1 N–H and O–H groups in total. The van der Waals surface area contributed by atoms with Gasteiger partial charge in [-0.15, -0.1) is 0 Å². The van der Waals surface area contributed by atoms with Crippen LogP contribution in [0.5, 0.6) is 0 Å². The van der Waals surface area contributed by atoms with E-state index in [0.29, 0.717) is 13.0 Å². The van der Waals surface area contributed by atoms with Crippen molar-refractivity contribution in [2.75, 3.05) is 13.6 Å². The summed E-state index contributed by atoms with van der Waals surface area (Å²) in [5, 5.41) is 2.72. The molecule has 0 heterocycles. The number of carbonyl (C=O) groups is 2. The van der Waals surface area contributed by atoms with Crippen LogP contribution in [0.4, 0.5) is 9.18 Å². The molecule has 0 saturated carbocycles. The number of likely N-dealkylation sites (N-methyl/N-ethyl adjacent to an activating group) is 1. The van der Waals surface area contributed by atoms with Crippen LogP contribution in [0.15, 0.2) is 24.3 Å². The summed E-state index contributed by atoms with van der Waals surface area (Å²) in [6.45, 7) is 9.47. The Morgan fingerprint density at radius 3 is 2.28 bits per heavy atom. The second-order valence-corrected chi connectivity index (χ2v) is 7.28. The normalized spacial score (nSPS) is 13.7. The largest absolute Gasteiger partial charge is 0.444 e. The average molecular weight is 352 g/mol. The van der Waals surface area contributed by atoms with Gasteiger partial charge in [-0.05, 0) is 51.8 Å². The third-order valence-electron chi connectivity index (χ3n) is 3.67. The topological polar surface area (TPSA) is 58.6 Å². The summed E-state index contributed by atoms with van der Waals surface area (Å²) in [5.41, 5.74) is 0.218. The van der Waals surface area contributed by atoms with Gasteiger partial charge in [-0.25, -0.2) is 9.18 Å². The number of hydrogen-bond acceptors (Lipinski definition) is 3. The molecule has 25 heavy (non-hydrogen) atoms. The molecule has 6 heteroatoms. The summed E-state index contributed by atoms with van der Waals surface area (Å²) >= 11 is 0. The molecule has 0 bridgehead atoms. The molecule has 1 rings (SSSR count). The van der Waals surface area contributed by atoms with Gasteiger partial charge < -0.3 is 15.0 Å². The lowest BCUT2D eigenvalue weighted by Gasteiger charge is -2.27. The van der Waals surface area contributed by atoms with Gasteiger partial charge in [-0.3, -0.25) is 4.79 Å². The Balaban J connectivity index is 2.65. The molecule has 0 aromatic heterocycles. The number of halogens is 1. The number of amides is 2. The lowest BCUT2D eigenvalue weighted by atomic mass is 9.95. The number of ether oxygens (including phenoxy) is 1. The number of benzene rings is 1. The van der Waals surface area contributed by atoms with Crippen LogP contribution >= 0.6 is 0 Å². The van der Waals surface area contributed by atoms with Gasteiger partial charge in [-0.2, -0.15) is 0 Å². The molecule has 0 aliphatic rings. The molecule has 0 radical (unpaired) electrons. The maximum absolute atomic E-state index is 13.1. The molecule has 2 amide bonds. The summed E-state index contributed by atoms with van der Waals surface area (Å²) in [6.07, 6.45) is 0.106. The number of nitrogens with zero attached hydrogens (tertiary/aromatic N) is 1. The van der Waals surface area contributed by atoms with Crippen molar-refractivity contribution < 1.29 is 18.7 Å². The fourth-order valence-corrected chi connectivity index (χ4v) is 2.57. The van der Waals surface area contributed by atoms with Gasteiger partial charge in [0.25, 0.3) is 0 Å². The van der Waals surface area contributed by atoms with E-state index in [1.807, 2.05) is 13.8 Å². The molecule has 2 unspecified atom stereocenters. The van der Waals surface area contributed by atoms with Gasteiger partial charge in [0.1, 0.15) is 11.4 Å². The fraction of sp³-hybridized carbons (Fsp3) is 0.579. The highest BCUT2D eigenvalue weighted by atomic mass is 19.1. The molecule has 0 aliphatic heterocycles. The van der Waals surface area contributed by atoms with Crippen LogP contribution in [-0.2, 0) is 9.53 Å². The molecular weight excluding hydrogens is 323 g/mol. The third kappa shape index (κ3) is 7.11. The van der Waals surface area contributed by atoms with Gasteiger partial charge >= 0.3 is 6.09 Å². The van der Waals surface area contributed by atoms with Crippen LogP contribution in [0.2, 0.25) is 0 Å². The van der Waals surface area contributed by atoms with Crippen molar-refractivity contribution in [2.24, 2.45) is 0 Å². The van der Waals surface area contributed by atoms with Gasteiger partial charge in [0, 0.05) is 19.6 Å². The van der Waals surface area contributed by atoms with Crippen molar-refractivity contribution in [1.29, 1.82) is 0 Å². The van der Waals surface area contributed by atoms with E-state index in [1.165, 1.54) is 12.1 Å². The summed E-state index contributed by atoms with van der Waals surface area (Å²) in [4.78, 5) is 26.1.